The number of nitrogens with zero attached hydrogens (tertiary/aromatic N) is 2. The number of carbonyl (C=O) groups is 1. The van der Waals surface area contributed by atoms with Gasteiger partial charge in [0.15, 0.2) is 5.78 Å². The lowest BCUT2D eigenvalue weighted by atomic mass is 9.76. The smallest absolute Gasteiger partial charge is 0.158 e. The highest BCUT2D eigenvalue weighted by Gasteiger charge is 2.40. The number of Topliss-reactive ketones (excluding diaryl/α,β-unsaturated/α-hetero) is 1. The third kappa shape index (κ3) is 3.09. The van der Waals surface area contributed by atoms with Crippen molar-refractivity contribution in [2.45, 2.75) is 57.4 Å². The highest BCUT2D eigenvalue weighted by molar-refractivity contribution is 5.90. The molecule has 1 aromatic heterocycles. The van der Waals surface area contributed by atoms with E-state index in [1.165, 1.54) is 12.0 Å². The number of hydrogen-bond donors (Lipinski definition) is 0. The van der Waals surface area contributed by atoms with E-state index in [0.29, 0.717) is 12.2 Å². The molecular weight excluding hydrogens is 248 g/mol. The first-order valence-electron chi connectivity index (χ1n) is 7.73. The van der Waals surface area contributed by atoms with Crippen molar-refractivity contribution in [1.82, 2.24) is 9.88 Å². The molecule has 0 radical (unpaired) electrons. The normalized spacial score (nSPS) is 18.2. The predicted molar refractivity (Wildman–Crippen MR) is 81.8 cm³/mol. The van der Waals surface area contributed by atoms with Crippen LogP contribution in [0.25, 0.3) is 0 Å². The number of aromatic nitrogens is 1. The van der Waals surface area contributed by atoms with E-state index in [-0.39, 0.29) is 5.54 Å². The summed E-state index contributed by atoms with van der Waals surface area (Å²) in [5.74, 6) is 0.332. The van der Waals surface area contributed by atoms with Crippen molar-refractivity contribution < 1.29 is 4.79 Å². The summed E-state index contributed by atoms with van der Waals surface area (Å²) in [5.41, 5.74) is 1.86. The minimum atomic E-state index is -0.261. The molecule has 1 saturated carbocycles. The summed E-state index contributed by atoms with van der Waals surface area (Å²) in [6.45, 7) is 2.12. The van der Waals surface area contributed by atoms with Crippen LogP contribution in [0.4, 0.5) is 0 Å². The Balaban J connectivity index is 2.11. The van der Waals surface area contributed by atoms with Crippen molar-refractivity contribution in [3.63, 3.8) is 0 Å². The largest absolute Gasteiger partial charge is 0.297 e. The third-order valence-corrected chi connectivity index (χ3v) is 4.69. The van der Waals surface area contributed by atoms with E-state index in [4.69, 9.17) is 0 Å². The van der Waals surface area contributed by atoms with Crippen LogP contribution < -0.4 is 0 Å². The molecule has 1 aliphatic rings. The van der Waals surface area contributed by atoms with Crippen LogP contribution in [0.15, 0.2) is 18.3 Å². The first-order valence-corrected chi connectivity index (χ1v) is 7.73. The fraction of sp³-hybridized carbons (Fsp3) is 0.647. The topological polar surface area (TPSA) is 33.2 Å². The van der Waals surface area contributed by atoms with Gasteiger partial charge in [-0.05, 0) is 45.0 Å². The van der Waals surface area contributed by atoms with E-state index >= 15 is 0 Å². The average Bonchev–Trinajstić information content (AvgIpc) is 2.48. The highest BCUT2D eigenvalue weighted by Crippen LogP contribution is 2.33. The van der Waals surface area contributed by atoms with Crippen LogP contribution in [0.1, 0.15) is 50.3 Å². The molecule has 0 N–H and O–H groups in total. The third-order valence-electron chi connectivity index (χ3n) is 4.69. The standard InChI is InChI=1S/C17H26N2O/c1-4-14-8-9-15(18-13-14)12-16(20)17(19(2)3)10-6-5-7-11-17/h8-9,13H,4-7,10-12H2,1-3H3. The van der Waals surface area contributed by atoms with Gasteiger partial charge in [0.2, 0.25) is 0 Å². The number of rotatable bonds is 5. The van der Waals surface area contributed by atoms with Gasteiger partial charge in [0.1, 0.15) is 0 Å². The Morgan fingerprint density at radius 2 is 1.95 bits per heavy atom. The first kappa shape index (κ1) is 15.2. The van der Waals surface area contributed by atoms with Crippen LogP contribution in [0.2, 0.25) is 0 Å². The minimum absolute atomic E-state index is 0.261. The minimum Gasteiger partial charge on any atom is -0.297 e. The summed E-state index contributed by atoms with van der Waals surface area (Å²) in [5, 5.41) is 0. The maximum atomic E-state index is 12.8. The molecule has 1 aromatic rings. The van der Waals surface area contributed by atoms with Crippen molar-refractivity contribution in [3.8, 4) is 0 Å². The number of aryl methyl sites for hydroxylation is 1. The Labute approximate surface area is 122 Å². The second-order valence-electron chi connectivity index (χ2n) is 6.10. The maximum absolute atomic E-state index is 12.8. The molecule has 0 aromatic carbocycles. The van der Waals surface area contributed by atoms with Crippen molar-refractivity contribution in [2.24, 2.45) is 0 Å². The summed E-state index contributed by atoms with van der Waals surface area (Å²) in [6.07, 6.45) is 8.90. The molecule has 0 atom stereocenters. The van der Waals surface area contributed by atoms with E-state index in [0.717, 1.165) is 37.8 Å². The van der Waals surface area contributed by atoms with Gasteiger partial charge in [0.25, 0.3) is 0 Å². The molecular formula is C17H26N2O. The summed E-state index contributed by atoms with van der Waals surface area (Å²) >= 11 is 0. The zero-order valence-electron chi connectivity index (χ0n) is 13.0. The molecule has 110 valence electrons. The highest BCUT2D eigenvalue weighted by atomic mass is 16.1. The van der Waals surface area contributed by atoms with E-state index < -0.39 is 0 Å². The second kappa shape index (κ2) is 6.49. The average molecular weight is 274 g/mol. The van der Waals surface area contributed by atoms with Crippen LogP contribution in [-0.2, 0) is 17.6 Å². The fourth-order valence-corrected chi connectivity index (χ4v) is 3.21. The van der Waals surface area contributed by atoms with Gasteiger partial charge < -0.3 is 0 Å². The molecule has 0 saturated heterocycles. The first-order chi connectivity index (χ1) is 9.58. The molecule has 2 rings (SSSR count). The Bertz CT molecular complexity index is 445. The van der Waals surface area contributed by atoms with Gasteiger partial charge >= 0.3 is 0 Å². The monoisotopic (exact) mass is 274 g/mol. The number of likely N-dealkylation sites (N-methyl/N-ethyl adjacent to an activating group) is 1. The van der Waals surface area contributed by atoms with E-state index in [2.05, 4.69) is 22.9 Å². The molecule has 20 heavy (non-hydrogen) atoms. The van der Waals surface area contributed by atoms with Crippen LogP contribution in [0.5, 0.6) is 0 Å². The lowest BCUT2D eigenvalue weighted by Gasteiger charge is -2.41. The van der Waals surface area contributed by atoms with E-state index in [1.807, 2.05) is 26.4 Å². The zero-order valence-corrected chi connectivity index (χ0v) is 13.0. The quantitative estimate of drug-likeness (QED) is 0.827. The SMILES string of the molecule is CCc1ccc(CC(=O)C2(N(C)C)CCCCC2)nc1. The lowest BCUT2D eigenvalue weighted by molar-refractivity contribution is -0.131. The Kier molecular flexibility index (Phi) is 4.92. The Hall–Kier alpha value is -1.22. The van der Waals surface area contributed by atoms with Crippen molar-refractivity contribution in [2.75, 3.05) is 14.1 Å². The zero-order chi connectivity index (χ0) is 14.6. The second-order valence-corrected chi connectivity index (χ2v) is 6.10. The van der Waals surface area contributed by atoms with Crippen molar-refractivity contribution >= 4 is 5.78 Å². The lowest BCUT2D eigenvalue weighted by Crippen LogP contribution is -2.53. The Morgan fingerprint density at radius 3 is 2.45 bits per heavy atom. The van der Waals surface area contributed by atoms with Crippen LogP contribution >= 0.6 is 0 Å². The summed E-state index contributed by atoms with van der Waals surface area (Å²) in [6, 6.07) is 4.09. The van der Waals surface area contributed by atoms with E-state index in [1.54, 1.807) is 0 Å². The molecule has 1 fully saturated rings. The fourth-order valence-electron chi connectivity index (χ4n) is 3.21. The number of carbonyl (C=O) groups excluding carboxylic acids is 1. The number of pyridine rings is 1. The van der Waals surface area contributed by atoms with Crippen molar-refractivity contribution in [3.05, 3.63) is 29.6 Å². The predicted octanol–water partition coefficient (Wildman–Crippen LogP) is 3.02. The molecule has 1 aliphatic carbocycles. The van der Waals surface area contributed by atoms with Gasteiger partial charge in [-0.25, -0.2) is 0 Å². The number of hydrogen-bond acceptors (Lipinski definition) is 3. The maximum Gasteiger partial charge on any atom is 0.158 e. The molecule has 1 heterocycles. The molecule has 0 spiro atoms. The molecule has 0 bridgehead atoms. The van der Waals surface area contributed by atoms with Gasteiger partial charge in [-0.3, -0.25) is 14.7 Å². The molecule has 3 nitrogen and oxygen atoms in total. The van der Waals surface area contributed by atoms with Crippen LogP contribution in [0.3, 0.4) is 0 Å². The number of ketones is 1. The van der Waals surface area contributed by atoms with Crippen LogP contribution in [0, 0.1) is 0 Å². The molecule has 0 unspecified atom stereocenters. The van der Waals surface area contributed by atoms with Crippen molar-refractivity contribution in [1.29, 1.82) is 0 Å². The molecule has 3 heteroatoms. The van der Waals surface area contributed by atoms with Gasteiger partial charge in [-0.15, -0.1) is 0 Å². The Morgan fingerprint density at radius 1 is 1.25 bits per heavy atom. The van der Waals surface area contributed by atoms with Gasteiger partial charge in [0, 0.05) is 11.9 Å². The molecule has 0 aliphatic heterocycles. The van der Waals surface area contributed by atoms with Gasteiger partial charge in [-0.2, -0.15) is 0 Å². The summed E-state index contributed by atoms with van der Waals surface area (Å²) in [7, 11) is 4.08. The summed E-state index contributed by atoms with van der Waals surface area (Å²) in [4.78, 5) is 19.4. The molecule has 0 amide bonds. The van der Waals surface area contributed by atoms with E-state index in [9.17, 15) is 4.79 Å². The summed E-state index contributed by atoms with van der Waals surface area (Å²) < 4.78 is 0. The van der Waals surface area contributed by atoms with Gasteiger partial charge in [0.05, 0.1) is 12.0 Å². The van der Waals surface area contributed by atoms with Crippen LogP contribution in [-0.4, -0.2) is 35.3 Å². The van der Waals surface area contributed by atoms with Gasteiger partial charge in [-0.1, -0.05) is 32.3 Å².